The number of hydrogen-bond donors (Lipinski definition) is 6. The Morgan fingerprint density at radius 1 is 0.815 bits per heavy atom. The van der Waals surface area contributed by atoms with Gasteiger partial charge in [-0.1, -0.05) is 0 Å². The number of carbonyl (C=O) groups excluding carboxylic acids is 3. The van der Waals surface area contributed by atoms with Crippen LogP contribution < -0.4 is 33.6 Å². The summed E-state index contributed by atoms with van der Waals surface area (Å²) in [5, 5.41) is 3.05. The number of urea groups is 1. The standard InChI is InChI=1S/C15H32N6O3S3/c16-15(24)19-6-3-8-26-11-12(27-9-2-5-14(23)21-18)10-25-7-1-4-13(22)20-17/h12H,1-11,17-18H2,(H,20,22)(H,21,23)(H3,16,19,24). The third-order valence-corrected chi connectivity index (χ3v) is 7.47. The van der Waals surface area contributed by atoms with Crippen LogP contribution in [0.25, 0.3) is 0 Å². The number of amides is 4. The summed E-state index contributed by atoms with van der Waals surface area (Å²) in [7, 11) is 0. The summed E-state index contributed by atoms with van der Waals surface area (Å²) < 4.78 is 0. The molecule has 0 spiro atoms. The maximum Gasteiger partial charge on any atom is 0.312 e. The Hall–Kier alpha value is -0.820. The van der Waals surface area contributed by atoms with Crippen molar-refractivity contribution in [3.8, 4) is 0 Å². The Kier molecular flexibility index (Phi) is 18.0. The van der Waals surface area contributed by atoms with E-state index in [0.29, 0.717) is 24.6 Å². The highest BCUT2D eigenvalue weighted by atomic mass is 32.2. The van der Waals surface area contributed by atoms with Crippen molar-refractivity contribution >= 4 is 53.1 Å². The first-order valence-corrected chi connectivity index (χ1v) is 12.1. The van der Waals surface area contributed by atoms with E-state index in [1.54, 1.807) is 0 Å². The van der Waals surface area contributed by atoms with E-state index in [1.807, 2.05) is 35.3 Å². The first-order chi connectivity index (χ1) is 13.0. The minimum absolute atomic E-state index is 0.139. The first-order valence-electron chi connectivity index (χ1n) is 8.78. The van der Waals surface area contributed by atoms with Gasteiger partial charge < -0.3 is 11.1 Å². The summed E-state index contributed by atoms with van der Waals surface area (Å²) in [5.74, 6) is 14.6. The molecule has 158 valence electrons. The highest BCUT2D eigenvalue weighted by Crippen LogP contribution is 2.23. The van der Waals surface area contributed by atoms with E-state index in [2.05, 4.69) is 16.2 Å². The van der Waals surface area contributed by atoms with Gasteiger partial charge in [0, 0.05) is 36.1 Å². The Balaban J connectivity index is 3.99. The van der Waals surface area contributed by atoms with Crippen molar-refractivity contribution in [1.29, 1.82) is 0 Å². The van der Waals surface area contributed by atoms with Crippen LogP contribution in [0.1, 0.15) is 32.1 Å². The van der Waals surface area contributed by atoms with Gasteiger partial charge in [0.05, 0.1) is 0 Å². The number of primary amides is 1. The van der Waals surface area contributed by atoms with E-state index in [4.69, 9.17) is 17.4 Å². The SMILES string of the molecule is NNC(=O)CCCSCC(CSCCCNC(N)=O)SCCCC(=O)NN. The molecule has 0 bridgehead atoms. The van der Waals surface area contributed by atoms with Crippen LogP contribution in [0.3, 0.4) is 0 Å². The van der Waals surface area contributed by atoms with Crippen molar-refractivity contribution in [1.82, 2.24) is 16.2 Å². The monoisotopic (exact) mass is 440 g/mol. The van der Waals surface area contributed by atoms with Crippen LogP contribution >= 0.6 is 35.3 Å². The topological polar surface area (TPSA) is 165 Å². The third kappa shape index (κ3) is 18.3. The molecule has 0 radical (unpaired) electrons. The summed E-state index contributed by atoms with van der Waals surface area (Å²) in [4.78, 5) is 32.9. The molecule has 9 N–H and O–H groups in total. The van der Waals surface area contributed by atoms with Gasteiger partial charge in [0.2, 0.25) is 11.8 Å². The Labute approximate surface area is 173 Å². The lowest BCUT2D eigenvalue weighted by molar-refractivity contribution is -0.121. The fourth-order valence-electron chi connectivity index (χ4n) is 1.92. The summed E-state index contributed by atoms with van der Waals surface area (Å²) >= 11 is 5.54. The van der Waals surface area contributed by atoms with Gasteiger partial charge >= 0.3 is 6.03 Å². The lowest BCUT2D eigenvalue weighted by atomic mass is 10.3. The Morgan fingerprint density at radius 2 is 1.33 bits per heavy atom. The number of thioether (sulfide) groups is 3. The average Bonchev–Trinajstić information content (AvgIpc) is 2.65. The van der Waals surface area contributed by atoms with Gasteiger partial charge in [0.15, 0.2) is 0 Å². The second-order valence-electron chi connectivity index (χ2n) is 5.63. The smallest absolute Gasteiger partial charge is 0.312 e. The molecule has 12 heteroatoms. The van der Waals surface area contributed by atoms with E-state index < -0.39 is 6.03 Å². The lowest BCUT2D eigenvalue weighted by Crippen LogP contribution is -2.30. The number of hydrogen-bond acceptors (Lipinski definition) is 8. The van der Waals surface area contributed by atoms with Crippen LogP contribution in [-0.2, 0) is 9.59 Å². The van der Waals surface area contributed by atoms with Crippen molar-refractivity contribution in [2.75, 3.05) is 35.3 Å². The van der Waals surface area contributed by atoms with Gasteiger partial charge in [0.25, 0.3) is 0 Å². The van der Waals surface area contributed by atoms with Gasteiger partial charge in [-0.3, -0.25) is 20.4 Å². The molecule has 0 aromatic heterocycles. The summed E-state index contributed by atoms with van der Waals surface area (Å²) in [6.45, 7) is 0.590. The molecular formula is C15H32N6O3S3. The van der Waals surface area contributed by atoms with Crippen LogP contribution in [0.2, 0.25) is 0 Å². The van der Waals surface area contributed by atoms with Gasteiger partial charge in [-0.05, 0) is 36.5 Å². The molecule has 0 saturated carbocycles. The fraction of sp³-hybridized carbons (Fsp3) is 0.800. The second kappa shape index (κ2) is 18.5. The molecule has 0 saturated heterocycles. The van der Waals surface area contributed by atoms with Crippen LogP contribution in [0, 0.1) is 0 Å². The highest BCUT2D eigenvalue weighted by molar-refractivity contribution is 8.05. The Morgan fingerprint density at radius 3 is 1.85 bits per heavy atom. The third-order valence-electron chi connectivity index (χ3n) is 3.29. The van der Waals surface area contributed by atoms with Gasteiger partial charge in [-0.2, -0.15) is 35.3 Å². The van der Waals surface area contributed by atoms with E-state index in [-0.39, 0.29) is 11.8 Å². The highest BCUT2D eigenvalue weighted by Gasteiger charge is 2.11. The molecule has 0 aliphatic heterocycles. The van der Waals surface area contributed by atoms with Crippen molar-refractivity contribution < 1.29 is 14.4 Å². The first kappa shape index (κ1) is 26.2. The van der Waals surface area contributed by atoms with E-state index in [0.717, 1.165) is 48.0 Å². The zero-order valence-electron chi connectivity index (χ0n) is 15.5. The zero-order valence-corrected chi connectivity index (χ0v) is 18.0. The molecule has 0 heterocycles. The molecule has 0 aromatic carbocycles. The maximum atomic E-state index is 11.2. The van der Waals surface area contributed by atoms with Crippen molar-refractivity contribution in [3.63, 3.8) is 0 Å². The largest absolute Gasteiger partial charge is 0.352 e. The van der Waals surface area contributed by atoms with Crippen LogP contribution in [-0.4, -0.2) is 58.4 Å². The Bertz CT molecular complexity index is 432. The molecule has 0 fully saturated rings. The van der Waals surface area contributed by atoms with Gasteiger partial charge in [-0.25, -0.2) is 16.5 Å². The molecule has 0 aliphatic rings. The minimum atomic E-state index is -0.491. The molecular weight excluding hydrogens is 408 g/mol. The van der Waals surface area contributed by atoms with E-state index in [1.165, 1.54) is 0 Å². The quantitative estimate of drug-likeness (QED) is 0.0805. The predicted octanol–water partition coefficient (Wildman–Crippen LogP) is 0.153. The predicted molar refractivity (Wildman–Crippen MR) is 116 cm³/mol. The maximum absolute atomic E-state index is 11.2. The number of rotatable bonds is 17. The molecule has 9 nitrogen and oxygen atoms in total. The number of hydrazine groups is 2. The number of carbonyl (C=O) groups is 3. The van der Waals surface area contributed by atoms with Gasteiger partial charge in [-0.15, -0.1) is 0 Å². The van der Waals surface area contributed by atoms with Crippen LogP contribution in [0.15, 0.2) is 0 Å². The molecule has 0 aliphatic carbocycles. The molecule has 1 atom stereocenters. The molecule has 0 aromatic rings. The summed E-state index contributed by atoms with van der Waals surface area (Å²) in [6.07, 6.45) is 3.34. The normalized spacial score (nSPS) is 11.6. The molecule has 0 rings (SSSR count). The van der Waals surface area contributed by atoms with Crippen molar-refractivity contribution in [2.24, 2.45) is 17.4 Å². The van der Waals surface area contributed by atoms with Crippen LogP contribution in [0.5, 0.6) is 0 Å². The van der Waals surface area contributed by atoms with E-state index in [9.17, 15) is 14.4 Å². The second-order valence-corrected chi connectivity index (χ2v) is 9.34. The van der Waals surface area contributed by atoms with Crippen LogP contribution in [0.4, 0.5) is 4.79 Å². The molecule has 4 amide bonds. The average molecular weight is 441 g/mol. The van der Waals surface area contributed by atoms with Crippen molar-refractivity contribution in [3.05, 3.63) is 0 Å². The summed E-state index contributed by atoms with van der Waals surface area (Å²) in [5.41, 5.74) is 9.30. The lowest BCUT2D eigenvalue weighted by Gasteiger charge is -2.16. The zero-order chi connectivity index (χ0) is 20.3. The van der Waals surface area contributed by atoms with Gasteiger partial charge in [0.1, 0.15) is 0 Å². The molecule has 27 heavy (non-hydrogen) atoms. The molecule has 1 unspecified atom stereocenters. The minimum Gasteiger partial charge on any atom is -0.352 e. The van der Waals surface area contributed by atoms with E-state index >= 15 is 0 Å². The number of nitrogens with one attached hydrogen (secondary N) is 3. The fourth-order valence-corrected chi connectivity index (χ4v) is 5.85. The summed E-state index contributed by atoms with van der Waals surface area (Å²) in [6, 6.07) is -0.491. The number of nitrogens with two attached hydrogens (primary N) is 3. The van der Waals surface area contributed by atoms with Crippen molar-refractivity contribution in [2.45, 2.75) is 37.4 Å².